The zero-order valence-corrected chi connectivity index (χ0v) is 23.7. The van der Waals surface area contributed by atoms with Gasteiger partial charge in [0.15, 0.2) is 0 Å². The number of nitrogens with zero attached hydrogens (tertiary/aromatic N) is 4. The van der Waals surface area contributed by atoms with Gasteiger partial charge in [0, 0.05) is 32.2 Å². The third kappa shape index (κ3) is 7.70. The molecule has 0 bridgehead atoms. The van der Waals surface area contributed by atoms with Gasteiger partial charge >= 0.3 is 0 Å². The van der Waals surface area contributed by atoms with Gasteiger partial charge in [-0.05, 0) is 61.0 Å². The highest BCUT2D eigenvalue weighted by Crippen LogP contribution is 2.33. The van der Waals surface area contributed by atoms with Crippen LogP contribution in [0.3, 0.4) is 0 Å². The molecular weight excluding hydrogens is 512 g/mol. The molecule has 1 aliphatic carbocycles. The fraction of sp³-hybridized carbons (Fsp3) is 0.406. The quantitative estimate of drug-likeness (QED) is 0.202. The Balaban J connectivity index is 1.14. The van der Waals surface area contributed by atoms with Crippen molar-refractivity contribution < 1.29 is 5.11 Å². The normalized spacial score (nSPS) is 16.6. The van der Waals surface area contributed by atoms with E-state index in [0.29, 0.717) is 50.1 Å². The van der Waals surface area contributed by atoms with E-state index in [1.165, 1.54) is 22.3 Å². The third-order valence-electron chi connectivity index (χ3n) is 7.80. The third-order valence-corrected chi connectivity index (χ3v) is 7.80. The summed E-state index contributed by atoms with van der Waals surface area (Å²) in [5, 5.41) is 24.2. The SMILES string of the molecule is C=CCNc1nc(NCC=C)nc(NCC(O)CN2CCC(NC3c4ccccc4CCc4ccccc43)CC2)n1. The molecule has 0 amide bonds. The number of piperidine rings is 1. The predicted molar refractivity (Wildman–Crippen MR) is 166 cm³/mol. The van der Waals surface area contributed by atoms with E-state index in [1.54, 1.807) is 12.2 Å². The van der Waals surface area contributed by atoms with Gasteiger partial charge in [-0.25, -0.2) is 0 Å². The Labute approximate surface area is 243 Å². The van der Waals surface area contributed by atoms with Gasteiger partial charge in [0.05, 0.1) is 12.1 Å². The van der Waals surface area contributed by atoms with Crippen molar-refractivity contribution in [3.05, 3.63) is 96.1 Å². The zero-order valence-electron chi connectivity index (χ0n) is 23.7. The maximum absolute atomic E-state index is 10.8. The van der Waals surface area contributed by atoms with Gasteiger partial charge in [-0.3, -0.25) is 0 Å². The number of benzene rings is 2. The Hall–Kier alpha value is -3.79. The molecule has 2 aliphatic rings. The summed E-state index contributed by atoms with van der Waals surface area (Å²) in [6, 6.07) is 18.4. The number of rotatable bonds is 13. The number of aliphatic hydroxyl groups excluding tert-OH is 1. The summed E-state index contributed by atoms with van der Waals surface area (Å²) >= 11 is 0. The van der Waals surface area contributed by atoms with Crippen LogP contribution >= 0.6 is 0 Å². The minimum Gasteiger partial charge on any atom is -0.390 e. The first kappa shape index (κ1) is 28.7. The summed E-state index contributed by atoms with van der Waals surface area (Å²) in [6.07, 6.45) is 7.19. The lowest BCUT2D eigenvalue weighted by atomic mass is 9.92. The van der Waals surface area contributed by atoms with Gasteiger partial charge in [-0.15, -0.1) is 13.2 Å². The zero-order chi connectivity index (χ0) is 28.4. The number of β-amino-alcohol motifs (C(OH)–C–C–N with tert-alkyl or cyclic N) is 1. The van der Waals surface area contributed by atoms with E-state index in [1.807, 2.05) is 0 Å². The second-order valence-electron chi connectivity index (χ2n) is 10.8. The minimum absolute atomic E-state index is 0.216. The van der Waals surface area contributed by atoms with Crippen LogP contribution in [0.25, 0.3) is 0 Å². The van der Waals surface area contributed by atoms with Crippen LogP contribution in [0.15, 0.2) is 73.8 Å². The summed E-state index contributed by atoms with van der Waals surface area (Å²) in [5.41, 5.74) is 5.70. The number of likely N-dealkylation sites (tertiary alicyclic amines) is 1. The molecule has 0 radical (unpaired) electrons. The van der Waals surface area contributed by atoms with Crippen molar-refractivity contribution >= 4 is 17.8 Å². The van der Waals surface area contributed by atoms with Crippen molar-refractivity contribution in [3.8, 4) is 0 Å². The molecule has 216 valence electrons. The van der Waals surface area contributed by atoms with Gasteiger partial charge in [0.1, 0.15) is 0 Å². The summed E-state index contributed by atoms with van der Waals surface area (Å²) in [5.74, 6) is 1.29. The predicted octanol–water partition coefficient (Wildman–Crippen LogP) is 3.78. The Morgan fingerprint density at radius 3 is 1.85 bits per heavy atom. The number of aliphatic hydroxyl groups is 1. The number of fused-ring (bicyclic) bond motifs is 2. The molecular formula is C32H42N8O. The number of aryl methyl sites for hydroxylation is 2. The number of aromatic nitrogens is 3. The standard InChI is InChI=1S/C32H42N8O/c1-3-17-33-30-37-31(34-18-4-2)39-32(38-30)35-21-26(41)22-40-19-15-25(16-20-40)36-29-27-11-7-5-9-23(27)13-14-24-10-6-8-12-28(24)29/h3-12,25-26,29,36,41H,1-2,13-22H2,(H3,33,34,35,37,38,39). The summed E-state index contributed by atoms with van der Waals surface area (Å²) in [6.45, 7) is 11.4. The monoisotopic (exact) mass is 554 g/mol. The van der Waals surface area contributed by atoms with Crippen LogP contribution in [0, 0.1) is 0 Å². The first-order chi connectivity index (χ1) is 20.1. The molecule has 1 aromatic heterocycles. The molecule has 2 heterocycles. The largest absolute Gasteiger partial charge is 0.390 e. The van der Waals surface area contributed by atoms with E-state index >= 15 is 0 Å². The average Bonchev–Trinajstić information content (AvgIpc) is 3.16. The van der Waals surface area contributed by atoms with E-state index in [9.17, 15) is 5.11 Å². The molecule has 1 unspecified atom stereocenters. The van der Waals surface area contributed by atoms with Crippen LogP contribution in [0.1, 0.15) is 41.1 Å². The van der Waals surface area contributed by atoms with Crippen LogP contribution < -0.4 is 21.3 Å². The summed E-state index contributed by atoms with van der Waals surface area (Å²) in [4.78, 5) is 15.5. The van der Waals surface area contributed by atoms with E-state index in [2.05, 4.69) is 103 Å². The molecule has 9 heteroatoms. The van der Waals surface area contributed by atoms with Gasteiger partial charge in [0.2, 0.25) is 17.8 Å². The lowest BCUT2D eigenvalue weighted by molar-refractivity contribution is 0.101. The van der Waals surface area contributed by atoms with Crippen molar-refractivity contribution in [3.63, 3.8) is 0 Å². The smallest absolute Gasteiger partial charge is 0.229 e. The summed E-state index contributed by atoms with van der Waals surface area (Å²) in [7, 11) is 0. The molecule has 1 aliphatic heterocycles. The highest BCUT2D eigenvalue weighted by atomic mass is 16.3. The Morgan fingerprint density at radius 2 is 1.32 bits per heavy atom. The molecule has 3 aromatic rings. The molecule has 9 nitrogen and oxygen atoms in total. The van der Waals surface area contributed by atoms with Crippen molar-refractivity contribution in [2.24, 2.45) is 0 Å². The van der Waals surface area contributed by atoms with Gasteiger partial charge < -0.3 is 31.3 Å². The second kappa shape index (κ2) is 14.2. The number of hydrogen-bond acceptors (Lipinski definition) is 9. The van der Waals surface area contributed by atoms with Gasteiger partial charge in [0.25, 0.3) is 0 Å². The molecule has 0 saturated carbocycles. The van der Waals surface area contributed by atoms with Crippen LogP contribution in [0.2, 0.25) is 0 Å². The maximum Gasteiger partial charge on any atom is 0.229 e. The van der Waals surface area contributed by atoms with Crippen molar-refractivity contribution in [1.29, 1.82) is 0 Å². The molecule has 0 spiro atoms. The van der Waals surface area contributed by atoms with E-state index in [-0.39, 0.29) is 6.04 Å². The van der Waals surface area contributed by atoms with Crippen molar-refractivity contribution in [1.82, 2.24) is 25.2 Å². The van der Waals surface area contributed by atoms with Crippen molar-refractivity contribution in [2.45, 2.75) is 43.9 Å². The molecule has 2 aromatic carbocycles. The molecule has 1 saturated heterocycles. The number of anilines is 3. The average molecular weight is 555 g/mol. The van der Waals surface area contributed by atoms with E-state index in [0.717, 1.165) is 38.8 Å². The highest BCUT2D eigenvalue weighted by Gasteiger charge is 2.28. The Bertz CT molecular complexity index is 1230. The second-order valence-corrected chi connectivity index (χ2v) is 10.8. The highest BCUT2D eigenvalue weighted by molar-refractivity contribution is 5.45. The molecule has 5 N–H and O–H groups in total. The minimum atomic E-state index is -0.550. The van der Waals surface area contributed by atoms with Crippen molar-refractivity contribution in [2.75, 3.05) is 55.2 Å². The van der Waals surface area contributed by atoms with E-state index < -0.39 is 6.10 Å². The number of nitrogens with one attached hydrogen (secondary N) is 4. The van der Waals surface area contributed by atoms with E-state index in [4.69, 9.17) is 0 Å². The Morgan fingerprint density at radius 1 is 0.805 bits per heavy atom. The number of hydrogen-bond donors (Lipinski definition) is 5. The van der Waals surface area contributed by atoms with Crippen LogP contribution in [-0.2, 0) is 12.8 Å². The van der Waals surface area contributed by atoms with Crippen LogP contribution in [-0.4, -0.2) is 76.4 Å². The molecule has 41 heavy (non-hydrogen) atoms. The first-order valence-electron chi connectivity index (χ1n) is 14.6. The lowest BCUT2D eigenvalue weighted by Crippen LogP contribution is -2.46. The fourth-order valence-electron chi connectivity index (χ4n) is 5.73. The maximum atomic E-state index is 10.8. The van der Waals surface area contributed by atoms with Crippen LogP contribution in [0.5, 0.6) is 0 Å². The topological polar surface area (TPSA) is 110 Å². The molecule has 1 fully saturated rings. The Kier molecular flexibility index (Phi) is 9.96. The van der Waals surface area contributed by atoms with Gasteiger partial charge in [-0.2, -0.15) is 15.0 Å². The molecule has 1 atom stereocenters. The summed E-state index contributed by atoms with van der Waals surface area (Å²) < 4.78 is 0. The lowest BCUT2D eigenvalue weighted by Gasteiger charge is -2.36. The van der Waals surface area contributed by atoms with Gasteiger partial charge in [-0.1, -0.05) is 60.7 Å². The first-order valence-corrected chi connectivity index (χ1v) is 14.6. The fourth-order valence-corrected chi connectivity index (χ4v) is 5.73. The molecule has 5 rings (SSSR count). The van der Waals surface area contributed by atoms with Crippen LogP contribution in [0.4, 0.5) is 17.8 Å².